The maximum atomic E-state index is 11.8. The summed E-state index contributed by atoms with van der Waals surface area (Å²) in [5.41, 5.74) is 0.256. The molecule has 0 radical (unpaired) electrons. The topological polar surface area (TPSA) is 41.1 Å². The molecule has 3 nitrogen and oxygen atoms in total. The Bertz CT molecular complexity index is 231. The van der Waals surface area contributed by atoms with Crippen LogP contribution >= 0.6 is 0 Å². The molecule has 14 heavy (non-hydrogen) atoms. The highest BCUT2D eigenvalue weighted by atomic mass is 16.2. The van der Waals surface area contributed by atoms with Gasteiger partial charge in [0.25, 0.3) is 0 Å². The summed E-state index contributed by atoms with van der Waals surface area (Å²) in [6, 6.07) is 0.368. The minimum absolute atomic E-state index is 0.256. The van der Waals surface area contributed by atoms with Crippen LogP contribution in [0.4, 0.5) is 0 Å². The zero-order valence-corrected chi connectivity index (χ0v) is 9.10. The normalized spacial score (nSPS) is 35.0. The fourth-order valence-electron chi connectivity index (χ4n) is 2.19. The van der Waals surface area contributed by atoms with Crippen LogP contribution in [0.5, 0.6) is 0 Å². The third-order valence-electron chi connectivity index (χ3n) is 3.47. The Morgan fingerprint density at radius 3 is 2.71 bits per heavy atom. The number of hydrogen-bond acceptors (Lipinski definition) is 2. The van der Waals surface area contributed by atoms with E-state index in [0.717, 1.165) is 25.9 Å². The van der Waals surface area contributed by atoms with Crippen LogP contribution < -0.4 is 10.6 Å². The Labute approximate surface area is 85.6 Å². The van der Waals surface area contributed by atoms with Crippen molar-refractivity contribution >= 4 is 5.91 Å². The summed E-state index contributed by atoms with van der Waals surface area (Å²) in [5.74, 6) is 0.535. The van der Waals surface area contributed by atoms with Gasteiger partial charge in [-0.3, -0.25) is 4.79 Å². The number of carbonyl (C=O) groups excluding carboxylic acids is 1. The summed E-state index contributed by atoms with van der Waals surface area (Å²) < 4.78 is 0. The van der Waals surface area contributed by atoms with Crippen molar-refractivity contribution in [3.05, 3.63) is 0 Å². The molecular weight excluding hydrogens is 176 g/mol. The highest BCUT2D eigenvalue weighted by Gasteiger charge is 2.50. The number of amides is 1. The molecule has 2 rings (SSSR count). The van der Waals surface area contributed by atoms with E-state index in [0.29, 0.717) is 6.04 Å². The van der Waals surface area contributed by atoms with Crippen LogP contribution in [-0.2, 0) is 4.79 Å². The zero-order valence-electron chi connectivity index (χ0n) is 9.10. The van der Waals surface area contributed by atoms with Gasteiger partial charge in [-0.15, -0.1) is 0 Å². The average Bonchev–Trinajstić information content (AvgIpc) is 2.77. The molecule has 1 aliphatic heterocycles. The van der Waals surface area contributed by atoms with E-state index in [1.54, 1.807) is 0 Å². The highest BCUT2D eigenvalue weighted by molar-refractivity contribution is 5.82. The molecule has 80 valence electrons. The van der Waals surface area contributed by atoms with E-state index >= 15 is 0 Å². The van der Waals surface area contributed by atoms with E-state index in [9.17, 15) is 4.79 Å². The molecule has 2 fully saturated rings. The summed E-state index contributed by atoms with van der Waals surface area (Å²) in [4.78, 5) is 11.8. The Kier molecular flexibility index (Phi) is 2.52. The number of hydrogen-bond donors (Lipinski definition) is 2. The van der Waals surface area contributed by atoms with Gasteiger partial charge >= 0.3 is 0 Å². The molecule has 1 heterocycles. The van der Waals surface area contributed by atoms with Crippen molar-refractivity contribution in [3.8, 4) is 0 Å². The summed E-state index contributed by atoms with van der Waals surface area (Å²) in [5, 5.41) is 6.44. The smallest absolute Gasteiger partial charge is 0.223 e. The molecule has 0 aromatic rings. The van der Waals surface area contributed by atoms with Crippen LogP contribution in [0, 0.1) is 11.3 Å². The third-order valence-corrected chi connectivity index (χ3v) is 3.47. The summed E-state index contributed by atoms with van der Waals surface area (Å²) in [6.45, 7) is 6.37. The summed E-state index contributed by atoms with van der Waals surface area (Å²) in [7, 11) is 0. The largest absolute Gasteiger partial charge is 0.352 e. The van der Waals surface area contributed by atoms with E-state index in [4.69, 9.17) is 0 Å². The third kappa shape index (κ3) is 2.08. The Balaban J connectivity index is 1.77. The summed E-state index contributed by atoms with van der Waals surface area (Å²) >= 11 is 0. The van der Waals surface area contributed by atoms with Gasteiger partial charge in [0.2, 0.25) is 5.91 Å². The van der Waals surface area contributed by atoms with Gasteiger partial charge in [0.1, 0.15) is 0 Å². The molecule has 1 saturated heterocycles. The second-order valence-electron chi connectivity index (χ2n) is 5.30. The minimum atomic E-state index is 0.256. The quantitative estimate of drug-likeness (QED) is 0.689. The Morgan fingerprint density at radius 2 is 2.21 bits per heavy atom. The van der Waals surface area contributed by atoms with Gasteiger partial charge in [0.15, 0.2) is 0 Å². The molecule has 2 aliphatic rings. The molecule has 0 aromatic carbocycles. The van der Waals surface area contributed by atoms with Gasteiger partial charge in [-0.25, -0.2) is 0 Å². The van der Waals surface area contributed by atoms with Gasteiger partial charge in [-0.05, 0) is 31.2 Å². The number of carbonyl (C=O) groups is 1. The van der Waals surface area contributed by atoms with Crippen LogP contribution in [0.25, 0.3) is 0 Å². The van der Waals surface area contributed by atoms with E-state index in [1.807, 2.05) is 0 Å². The van der Waals surface area contributed by atoms with Crippen molar-refractivity contribution in [2.45, 2.75) is 39.2 Å². The fourth-order valence-corrected chi connectivity index (χ4v) is 2.19. The maximum absolute atomic E-state index is 11.8. The SMILES string of the molecule is CC1(C)CC1C(=O)N[C@@H]1CCCNC1. The van der Waals surface area contributed by atoms with E-state index < -0.39 is 0 Å². The minimum Gasteiger partial charge on any atom is -0.352 e. The lowest BCUT2D eigenvalue weighted by Crippen LogP contribution is -2.46. The van der Waals surface area contributed by atoms with Gasteiger partial charge in [0, 0.05) is 18.5 Å². The van der Waals surface area contributed by atoms with Crippen molar-refractivity contribution in [1.29, 1.82) is 0 Å². The van der Waals surface area contributed by atoms with Crippen molar-refractivity contribution in [1.82, 2.24) is 10.6 Å². The van der Waals surface area contributed by atoms with Crippen molar-refractivity contribution < 1.29 is 4.79 Å². The molecule has 1 saturated carbocycles. The summed E-state index contributed by atoms with van der Waals surface area (Å²) in [6.07, 6.45) is 3.36. The molecule has 1 amide bonds. The molecule has 2 atom stereocenters. The number of rotatable bonds is 2. The van der Waals surface area contributed by atoms with Gasteiger partial charge < -0.3 is 10.6 Å². The predicted molar refractivity (Wildman–Crippen MR) is 55.9 cm³/mol. The van der Waals surface area contributed by atoms with Crippen LogP contribution in [0.2, 0.25) is 0 Å². The van der Waals surface area contributed by atoms with Gasteiger partial charge in [-0.2, -0.15) is 0 Å². The fraction of sp³-hybridized carbons (Fsp3) is 0.909. The first kappa shape index (κ1) is 9.97. The second-order valence-corrected chi connectivity index (χ2v) is 5.30. The van der Waals surface area contributed by atoms with E-state index in [2.05, 4.69) is 24.5 Å². The lowest BCUT2D eigenvalue weighted by atomic mass is 10.1. The van der Waals surface area contributed by atoms with Crippen molar-refractivity contribution in [2.75, 3.05) is 13.1 Å². The maximum Gasteiger partial charge on any atom is 0.223 e. The van der Waals surface area contributed by atoms with E-state index in [1.165, 1.54) is 6.42 Å². The zero-order chi connectivity index (χ0) is 10.2. The monoisotopic (exact) mass is 196 g/mol. The average molecular weight is 196 g/mol. The van der Waals surface area contributed by atoms with E-state index in [-0.39, 0.29) is 17.2 Å². The molecule has 0 bridgehead atoms. The molecular formula is C11H20N2O. The van der Waals surface area contributed by atoms with Crippen molar-refractivity contribution in [3.63, 3.8) is 0 Å². The Morgan fingerprint density at radius 1 is 1.50 bits per heavy atom. The standard InChI is InChI=1S/C11H20N2O/c1-11(2)6-9(11)10(14)13-8-4-3-5-12-7-8/h8-9,12H,3-7H2,1-2H3,(H,13,14)/t8-,9?/m1/s1. The lowest BCUT2D eigenvalue weighted by molar-refractivity contribution is -0.123. The van der Waals surface area contributed by atoms with Crippen LogP contribution in [0.3, 0.4) is 0 Å². The number of piperidine rings is 1. The van der Waals surface area contributed by atoms with Crippen LogP contribution in [0.15, 0.2) is 0 Å². The van der Waals surface area contributed by atoms with Gasteiger partial charge in [-0.1, -0.05) is 13.8 Å². The highest BCUT2D eigenvalue weighted by Crippen LogP contribution is 2.51. The number of nitrogens with one attached hydrogen (secondary N) is 2. The first-order chi connectivity index (χ1) is 6.59. The molecule has 3 heteroatoms. The first-order valence-electron chi connectivity index (χ1n) is 5.61. The van der Waals surface area contributed by atoms with Crippen LogP contribution in [-0.4, -0.2) is 25.0 Å². The van der Waals surface area contributed by atoms with Crippen molar-refractivity contribution in [2.24, 2.45) is 11.3 Å². The first-order valence-corrected chi connectivity index (χ1v) is 5.61. The molecule has 0 aromatic heterocycles. The molecule has 1 aliphatic carbocycles. The molecule has 1 unspecified atom stereocenters. The predicted octanol–water partition coefficient (Wildman–Crippen LogP) is 0.901. The van der Waals surface area contributed by atoms with Gasteiger partial charge in [0.05, 0.1) is 0 Å². The Hall–Kier alpha value is -0.570. The molecule has 2 N–H and O–H groups in total. The van der Waals surface area contributed by atoms with Crippen LogP contribution in [0.1, 0.15) is 33.1 Å². The molecule has 0 spiro atoms. The second kappa shape index (κ2) is 3.54. The lowest BCUT2D eigenvalue weighted by Gasteiger charge is -2.24.